The third-order valence-electron chi connectivity index (χ3n) is 4.43. The normalized spacial score (nSPS) is 14.3. The summed E-state index contributed by atoms with van der Waals surface area (Å²) in [6, 6.07) is 13.6. The fourth-order valence-electron chi connectivity index (χ4n) is 2.92. The Morgan fingerprint density at radius 2 is 1.88 bits per heavy atom. The predicted molar refractivity (Wildman–Crippen MR) is 113 cm³/mol. The Kier molecular flexibility index (Phi) is 6.46. The van der Waals surface area contributed by atoms with E-state index in [9.17, 15) is 0 Å². The lowest BCUT2D eigenvalue weighted by Gasteiger charge is -2.37. The van der Waals surface area contributed by atoms with E-state index in [1.807, 2.05) is 24.3 Å². The van der Waals surface area contributed by atoms with Gasteiger partial charge < -0.3 is 19.9 Å². The highest BCUT2D eigenvalue weighted by atomic mass is 35.5. The second-order valence-electron chi connectivity index (χ2n) is 6.07. The zero-order valence-electron chi connectivity index (χ0n) is 14.5. The van der Waals surface area contributed by atoms with Crippen LogP contribution in [0, 0.1) is 0 Å². The van der Waals surface area contributed by atoms with Gasteiger partial charge in [-0.3, -0.25) is 0 Å². The third-order valence-corrected chi connectivity index (χ3v) is 5.42. The van der Waals surface area contributed by atoms with Crippen LogP contribution in [0.4, 0.5) is 5.69 Å². The van der Waals surface area contributed by atoms with Gasteiger partial charge in [0.1, 0.15) is 5.75 Å². The van der Waals surface area contributed by atoms with Crippen LogP contribution in [-0.4, -0.2) is 43.3 Å². The minimum atomic E-state index is 0.588. The van der Waals surface area contributed by atoms with Gasteiger partial charge in [0.2, 0.25) is 0 Å². The smallest absolute Gasteiger partial charge is 0.169 e. The second-order valence-corrected chi connectivity index (χ2v) is 7.30. The molecule has 0 bridgehead atoms. The van der Waals surface area contributed by atoms with Crippen LogP contribution < -0.4 is 15.0 Å². The van der Waals surface area contributed by atoms with Gasteiger partial charge in [0.05, 0.1) is 7.11 Å². The van der Waals surface area contributed by atoms with E-state index >= 15 is 0 Å². The molecule has 1 saturated heterocycles. The van der Waals surface area contributed by atoms with E-state index in [0.29, 0.717) is 16.6 Å². The van der Waals surface area contributed by atoms with Crippen LogP contribution in [-0.2, 0) is 6.54 Å². The van der Waals surface area contributed by atoms with E-state index in [-0.39, 0.29) is 0 Å². The van der Waals surface area contributed by atoms with Crippen LogP contribution in [0.3, 0.4) is 0 Å². The maximum atomic E-state index is 6.21. The number of anilines is 1. The molecule has 0 amide bonds. The van der Waals surface area contributed by atoms with E-state index in [0.717, 1.165) is 42.6 Å². The molecule has 1 N–H and O–H groups in total. The largest absolute Gasteiger partial charge is 0.497 e. The van der Waals surface area contributed by atoms with Gasteiger partial charge >= 0.3 is 0 Å². The fraction of sp³-hybridized carbons (Fsp3) is 0.316. The van der Waals surface area contributed by atoms with Crippen molar-refractivity contribution in [3.05, 3.63) is 58.1 Å². The fourth-order valence-corrected chi connectivity index (χ4v) is 3.65. The molecule has 0 unspecified atom stereocenters. The SMILES string of the molecule is COc1cccc(N2CCN(C(=S)NCc3ccc(Cl)cc3Cl)CC2)c1. The van der Waals surface area contributed by atoms with Gasteiger partial charge in [-0.15, -0.1) is 0 Å². The van der Waals surface area contributed by atoms with Crippen molar-refractivity contribution in [3.8, 4) is 5.75 Å². The lowest BCUT2D eigenvalue weighted by molar-refractivity contribution is 0.379. The Morgan fingerprint density at radius 3 is 2.58 bits per heavy atom. The summed E-state index contributed by atoms with van der Waals surface area (Å²) in [5, 5.41) is 5.33. The van der Waals surface area contributed by atoms with E-state index in [1.54, 1.807) is 13.2 Å². The summed E-state index contributed by atoms with van der Waals surface area (Å²) in [6.07, 6.45) is 0. The summed E-state index contributed by atoms with van der Waals surface area (Å²) < 4.78 is 5.31. The van der Waals surface area contributed by atoms with Gasteiger partial charge in [-0.05, 0) is 42.0 Å². The number of nitrogens with one attached hydrogen (secondary N) is 1. The van der Waals surface area contributed by atoms with E-state index in [4.69, 9.17) is 40.2 Å². The first-order chi connectivity index (χ1) is 12.6. The van der Waals surface area contributed by atoms with Crippen molar-refractivity contribution in [2.24, 2.45) is 0 Å². The topological polar surface area (TPSA) is 27.7 Å². The molecule has 1 aliphatic heterocycles. The van der Waals surface area contributed by atoms with Crippen molar-refractivity contribution in [2.75, 3.05) is 38.2 Å². The first-order valence-electron chi connectivity index (χ1n) is 8.42. The van der Waals surface area contributed by atoms with Crippen molar-refractivity contribution in [2.45, 2.75) is 6.54 Å². The highest BCUT2D eigenvalue weighted by Gasteiger charge is 2.19. The van der Waals surface area contributed by atoms with E-state index < -0.39 is 0 Å². The number of benzene rings is 2. The Bertz CT molecular complexity index is 779. The molecule has 26 heavy (non-hydrogen) atoms. The van der Waals surface area contributed by atoms with Crippen molar-refractivity contribution in [1.29, 1.82) is 0 Å². The number of hydrogen-bond acceptors (Lipinski definition) is 3. The average molecular weight is 410 g/mol. The molecule has 1 fully saturated rings. The Morgan fingerprint density at radius 1 is 1.12 bits per heavy atom. The molecule has 4 nitrogen and oxygen atoms in total. The Balaban J connectivity index is 1.51. The van der Waals surface area contributed by atoms with Crippen LogP contribution in [0.15, 0.2) is 42.5 Å². The molecule has 2 aromatic rings. The maximum absolute atomic E-state index is 6.21. The van der Waals surface area contributed by atoms with E-state index in [1.165, 1.54) is 5.69 Å². The summed E-state index contributed by atoms with van der Waals surface area (Å²) in [6.45, 7) is 4.16. The van der Waals surface area contributed by atoms with Gasteiger partial charge in [-0.25, -0.2) is 0 Å². The molecular formula is C19H21Cl2N3OS. The molecule has 1 aliphatic rings. The van der Waals surface area contributed by atoms with Gasteiger partial charge in [0.25, 0.3) is 0 Å². The number of nitrogens with zero attached hydrogens (tertiary/aromatic N) is 2. The molecule has 0 atom stereocenters. The standard InChI is InChI=1S/C19H21Cl2N3OS/c1-25-17-4-2-3-16(12-17)23-7-9-24(10-8-23)19(26)22-13-14-5-6-15(20)11-18(14)21/h2-6,11-12H,7-10,13H2,1H3,(H,22,26). The molecule has 2 aromatic carbocycles. The lowest BCUT2D eigenvalue weighted by atomic mass is 10.2. The number of thiocarbonyl (C=S) groups is 1. The van der Waals surface area contributed by atoms with Crippen molar-refractivity contribution < 1.29 is 4.74 Å². The molecule has 1 heterocycles. The van der Waals surface area contributed by atoms with Crippen molar-refractivity contribution in [3.63, 3.8) is 0 Å². The van der Waals surface area contributed by atoms with Crippen LogP contribution in [0.5, 0.6) is 5.75 Å². The van der Waals surface area contributed by atoms with Crippen molar-refractivity contribution in [1.82, 2.24) is 10.2 Å². The highest BCUT2D eigenvalue weighted by molar-refractivity contribution is 7.80. The zero-order chi connectivity index (χ0) is 18.5. The van der Waals surface area contributed by atoms with E-state index in [2.05, 4.69) is 27.2 Å². The number of ether oxygens (including phenoxy) is 1. The lowest BCUT2D eigenvalue weighted by Crippen LogP contribution is -2.51. The molecule has 0 aromatic heterocycles. The number of hydrogen-bond donors (Lipinski definition) is 1. The summed E-state index contributed by atoms with van der Waals surface area (Å²) in [5.41, 5.74) is 2.16. The first-order valence-corrected chi connectivity index (χ1v) is 9.59. The first kappa shape index (κ1) is 19.1. The van der Waals surface area contributed by atoms with Crippen LogP contribution >= 0.6 is 35.4 Å². The molecule has 0 saturated carbocycles. The number of piperazine rings is 1. The second kappa shape index (κ2) is 8.80. The molecule has 138 valence electrons. The average Bonchev–Trinajstić information content (AvgIpc) is 2.67. The molecule has 3 rings (SSSR count). The zero-order valence-corrected chi connectivity index (χ0v) is 16.9. The van der Waals surface area contributed by atoms with Gasteiger partial charge in [0.15, 0.2) is 5.11 Å². The minimum Gasteiger partial charge on any atom is -0.497 e. The van der Waals surface area contributed by atoms with Crippen molar-refractivity contribution >= 4 is 46.2 Å². The van der Waals surface area contributed by atoms with Gasteiger partial charge in [-0.2, -0.15) is 0 Å². The summed E-state index contributed by atoms with van der Waals surface area (Å²) in [4.78, 5) is 4.54. The Labute approximate surface area is 169 Å². The van der Waals surface area contributed by atoms with Crippen LogP contribution in [0.2, 0.25) is 10.0 Å². The number of methoxy groups -OCH3 is 1. The summed E-state index contributed by atoms with van der Waals surface area (Å²) in [5.74, 6) is 0.877. The molecule has 0 radical (unpaired) electrons. The molecule has 7 heteroatoms. The molecular weight excluding hydrogens is 389 g/mol. The summed E-state index contributed by atoms with van der Waals surface area (Å²) in [7, 11) is 1.69. The maximum Gasteiger partial charge on any atom is 0.169 e. The number of halogens is 2. The highest BCUT2D eigenvalue weighted by Crippen LogP contribution is 2.23. The Hall–Kier alpha value is -1.69. The van der Waals surface area contributed by atoms with Gasteiger partial charge in [0, 0.05) is 54.5 Å². The number of rotatable bonds is 4. The quantitative estimate of drug-likeness (QED) is 0.763. The third kappa shape index (κ3) is 4.72. The molecule has 0 aliphatic carbocycles. The molecule has 0 spiro atoms. The van der Waals surface area contributed by atoms with Crippen LogP contribution in [0.25, 0.3) is 0 Å². The van der Waals surface area contributed by atoms with Crippen LogP contribution in [0.1, 0.15) is 5.56 Å². The monoisotopic (exact) mass is 409 g/mol. The summed E-state index contributed by atoms with van der Waals surface area (Å²) >= 11 is 17.7. The minimum absolute atomic E-state index is 0.588. The predicted octanol–water partition coefficient (Wildman–Crippen LogP) is 4.20. The van der Waals surface area contributed by atoms with Gasteiger partial charge in [-0.1, -0.05) is 35.3 Å².